The van der Waals surface area contributed by atoms with Gasteiger partial charge in [0.1, 0.15) is 6.04 Å². The molecule has 0 radical (unpaired) electrons. The summed E-state index contributed by atoms with van der Waals surface area (Å²) >= 11 is 7.46. The van der Waals surface area contributed by atoms with Crippen molar-refractivity contribution in [2.75, 3.05) is 5.75 Å². The smallest absolute Gasteiger partial charge is 0.242 e. The van der Waals surface area contributed by atoms with Gasteiger partial charge in [-0.15, -0.1) is 11.8 Å². The second kappa shape index (κ2) is 11.3. The van der Waals surface area contributed by atoms with Gasteiger partial charge in [-0.2, -0.15) is 0 Å². The maximum Gasteiger partial charge on any atom is 0.242 e. The lowest BCUT2D eigenvalue weighted by atomic mass is 10.1. The first-order valence-corrected chi connectivity index (χ1v) is 11.3. The molecule has 1 unspecified atom stereocenters. The van der Waals surface area contributed by atoms with E-state index in [9.17, 15) is 9.59 Å². The van der Waals surface area contributed by atoms with Crippen molar-refractivity contribution in [2.45, 2.75) is 52.1 Å². The summed E-state index contributed by atoms with van der Waals surface area (Å²) in [5.74, 6) is 0.849. The lowest BCUT2D eigenvalue weighted by molar-refractivity contribution is -0.138. The number of amides is 2. The minimum atomic E-state index is -0.540. The molecule has 2 aromatic rings. The Balaban J connectivity index is 2.06. The van der Waals surface area contributed by atoms with E-state index in [1.54, 1.807) is 11.8 Å². The van der Waals surface area contributed by atoms with Gasteiger partial charge in [-0.05, 0) is 51.0 Å². The van der Waals surface area contributed by atoms with Gasteiger partial charge in [-0.3, -0.25) is 9.59 Å². The van der Waals surface area contributed by atoms with E-state index in [1.807, 2.05) is 69.3 Å². The minimum Gasteiger partial charge on any atom is -0.352 e. The number of halogens is 1. The molecule has 1 atom stereocenters. The Bertz CT molecular complexity index is 824. The number of carbonyl (C=O) groups excluding carboxylic acids is 2. The van der Waals surface area contributed by atoms with Gasteiger partial charge >= 0.3 is 0 Å². The van der Waals surface area contributed by atoms with Crippen LogP contribution < -0.4 is 5.32 Å². The molecule has 2 amide bonds. The topological polar surface area (TPSA) is 49.4 Å². The van der Waals surface area contributed by atoms with Gasteiger partial charge in [0, 0.05) is 23.4 Å². The van der Waals surface area contributed by atoms with E-state index >= 15 is 0 Å². The van der Waals surface area contributed by atoms with E-state index in [4.69, 9.17) is 11.6 Å². The molecule has 2 aromatic carbocycles. The minimum absolute atomic E-state index is 0.0279. The fourth-order valence-corrected chi connectivity index (χ4v) is 3.91. The standard InChI is InChI=1S/C23H29ClN2O2S/c1-16(2)25-23(28)18(4)26(13-20-7-5-6-17(3)12-20)22(27)15-29-14-19-8-10-21(24)11-9-19/h5-12,16,18H,13-15H2,1-4H3,(H,25,28). The van der Waals surface area contributed by atoms with Crippen LogP contribution in [0.3, 0.4) is 0 Å². The summed E-state index contributed by atoms with van der Waals surface area (Å²) in [5, 5.41) is 3.61. The number of carbonyl (C=O) groups is 2. The zero-order valence-corrected chi connectivity index (χ0v) is 19.0. The van der Waals surface area contributed by atoms with E-state index in [1.165, 1.54) is 11.8 Å². The number of rotatable bonds is 9. The Morgan fingerprint density at radius 1 is 1.07 bits per heavy atom. The molecule has 0 saturated carbocycles. The van der Waals surface area contributed by atoms with E-state index in [2.05, 4.69) is 5.32 Å². The predicted molar refractivity (Wildman–Crippen MR) is 122 cm³/mol. The second-order valence-corrected chi connectivity index (χ2v) is 8.89. The molecule has 0 saturated heterocycles. The van der Waals surface area contributed by atoms with Crippen LogP contribution in [0, 0.1) is 6.92 Å². The largest absolute Gasteiger partial charge is 0.352 e. The molecular weight excluding hydrogens is 404 g/mol. The summed E-state index contributed by atoms with van der Waals surface area (Å²) in [4.78, 5) is 27.2. The van der Waals surface area contributed by atoms with Gasteiger partial charge in [0.15, 0.2) is 0 Å². The summed E-state index contributed by atoms with van der Waals surface area (Å²) in [6, 6.07) is 15.1. The van der Waals surface area contributed by atoms with Crippen LogP contribution in [0.4, 0.5) is 0 Å². The maximum atomic E-state index is 13.0. The molecule has 0 spiro atoms. The molecule has 29 heavy (non-hydrogen) atoms. The first-order valence-electron chi connectivity index (χ1n) is 9.74. The third-order valence-electron chi connectivity index (χ3n) is 4.44. The van der Waals surface area contributed by atoms with E-state index < -0.39 is 6.04 Å². The Morgan fingerprint density at radius 3 is 2.38 bits per heavy atom. The van der Waals surface area contributed by atoms with Crippen LogP contribution >= 0.6 is 23.4 Å². The summed E-state index contributed by atoms with van der Waals surface area (Å²) in [6.45, 7) is 8.05. The highest BCUT2D eigenvalue weighted by Gasteiger charge is 2.26. The Labute approximate surface area is 183 Å². The highest BCUT2D eigenvalue weighted by molar-refractivity contribution is 7.99. The number of nitrogens with one attached hydrogen (secondary N) is 1. The molecule has 0 bridgehead atoms. The number of thioether (sulfide) groups is 1. The number of hydrogen-bond donors (Lipinski definition) is 1. The number of aryl methyl sites for hydroxylation is 1. The first-order chi connectivity index (χ1) is 13.8. The van der Waals surface area contributed by atoms with Crippen LogP contribution in [0.1, 0.15) is 37.5 Å². The van der Waals surface area contributed by atoms with Crippen molar-refractivity contribution in [1.29, 1.82) is 0 Å². The average molecular weight is 433 g/mol. The molecule has 0 aromatic heterocycles. The Morgan fingerprint density at radius 2 is 1.76 bits per heavy atom. The molecule has 0 aliphatic rings. The number of hydrogen-bond acceptors (Lipinski definition) is 3. The Hall–Kier alpha value is -1.98. The van der Waals surface area contributed by atoms with Crippen LogP contribution in [0.5, 0.6) is 0 Å². The third kappa shape index (κ3) is 7.75. The molecule has 2 rings (SSSR count). The molecule has 1 N–H and O–H groups in total. The van der Waals surface area contributed by atoms with Crippen molar-refractivity contribution in [3.8, 4) is 0 Å². The second-order valence-electron chi connectivity index (χ2n) is 7.47. The van der Waals surface area contributed by atoms with Crippen molar-refractivity contribution < 1.29 is 9.59 Å². The Kier molecular flexibility index (Phi) is 9.05. The zero-order chi connectivity index (χ0) is 21.4. The maximum absolute atomic E-state index is 13.0. The van der Waals surface area contributed by atoms with Gasteiger partial charge in [0.05, 0.1) is 5.75 Å². The molecule has 156 valence electrons. The van der Waals surface area contributed by atoms with Crippen molar-refractivity contribution in [3.05, 3.63) is 70.2 Å². The van der Waals surface area contributed by atoms with E-state index in [-0.39, 0.29) is 17.9 Å². The number of benzene rings is 2. The fraction of sp³-hybridized carbons (Fsp3) is 0.391. The van der Waals surface area contributed by atoms with Gasteiger partial charge < -0.3 is 10.2 Å². The van der Waals surface area contributed by atoms with Crippen molar-refractivity contribution in [2.24, 2.45) is 0 Å². The van der Waals surface area contributed by atoms with Gasteiger partial charge in [0.25, 0.3) is 0 Å². The van der Waals surface area contributed by atoms with E-state index in [0.29, 0.717) is 23.1 Å². The van der Waals surface area contributed by atoms with Gasteiger partial charge in [-0.25, -0.2) is 0 Å². The summed E-state index contributed by atoms with van der Waals surface area (Å²) in [5.41, 5.74) is 3.26. The average Bonchev–Trinajstić information content (AvgIpc) is 2.66. The normalized spacial score (nSPS) is 11.9. The summed E-state index contributed by atoms with van der Waals surface area (Å²) in [6.07, 6.45) is 0. The third-order valence-corrected chi connectivity index (χ3v) is 5.68. The number of nitrogens with zero attached hydrogens (tertiary/aromatic N) is 1. The van der Waals surface area contributed by atoms with Crippen molar-refractivity contribution in [3.63, 3.8) is 0 Å². The summed E-state index contributed by atoms with van der Waals surface area (Å²) in [7, 11) is 0. The lowest BCUT2D eigenvalue weighted by Gasteiger charge is -2.29. The van der Waals surface area contributed by atoms with Crippen LogP contribution in [-0.4, -0.2) is 34.6 Å². The monoisotopic (exact) mass is 432 g/mol. The van der Waals surface area contributed by atoms with Crippen molar-refractivity contribution in [1.82, 2.24) is 10.2 Å². The highest BCUT2D eigenvalue weighted by atomic mass is 35.5. The predicted octanol–water partition coefficient (Wildman–Crippen LogP) is 4.82. The molecular formula is C23H29ClN2O2S. The lowest BCUT2D eigenvalue weighted by Crippen LogP contribution is -2.49. The van der Waals surface area contributed by atoms with Crippen LogP contribution in [0.2, 0.25) is 5.02 Å². The molecule has 6 heteroatoms. The van der Waals surface area contributed by atoms with Crippen LogP contribution in [0.25, 0.3) is 0 Å². The van der Waals surface area contributed by atoms with Gasteiger partial charge in [-0.1, -0.05) is 53.6 Å². The zero-order valence-electron chi connectivity index (χ0n) is 17.4. The highest BCUT2D eigenvalue weighted by Crippen LogP contribution is 2.18. The van der Waals surface area contributed by atoms with Crippen LogP contribution in [0.15, 0.2) is 48.5 Å². The molecule has 4 nitrogen and oxygen atoms in total. The van der Waals surface area contributed by atoms with Crippen molar-refractivity contribution >= 4 is 35.2 Å². The SMILES string of the molecule is Cc1cccc(CN(C(=O)CSCc2ccc(Cl)cc2)C(C)C(=O)NC(C)C)c1. The van der Waals surface area contributed by atoms with Gasteiger partial charge in [0.2, 0.25) is 11.8 Å². The molecule has 0 heterocycles. The van der Waals surface area contributed by atoms with E-state index in [0.717, 1.165) is 16.7 Å². The first kappa shape index (κ1) is 23.3. The van der Waals surface area contributed by atoms with Crippen LogP contribution in [-0.2, 0) is 21.9 Å². The molecule has 0 aliphatic carbocycles. The fourth-order valence-electron chi connectivity index (χ4n) is 2.91. The molecule has 0 fully saturated rings. The summed E-state index contributed by atoms with van der Waals surface area (Å²) < 4.78 is 0. The molecule has 0 aliphatic heterocycles. The quantitative estimate of drug-likeness (QED) is 0.617.